The number of methoxy groups -OCH3 is 1. The number of carboxylic acids is 1. The van der Waals surface area contributed by atoms with Crippen molar-refractivity contribution in [1.82, 2.24) is 0 Å². The Kier molecular flexibility index (Phi) is 5.23. The molecular weight excluding hydrogens is 370 g/mol. The highest BCUT2D eigenvalue weighted by atomic mass is 32.1. The number of aromatic carboxylic acids is 1. The van der Waals surface area contributed by atoms with Gasteiger partial charge in [0.05, 0.1) is 23.1 Å². The molecule has 1 saturated heterocycles. The zero-order valence-electron chi connectivity index (χ0n) is 17.0. The standard InChI is InChI=1S/C23H29NO3S/c1-23(2)11-10-19-17(13-23)20(22(25)26)21(28-19)16-8-4-5-9-18(16)24-12-6-7-15(24)14-27-3/h4-5,8-9,15H,6-7,10-14H2,1-3H3,(H,25,26)/t15-/m0/s1. The highest BCUT2D eigenvalue weighted by Crippen LogP contribution is 2.47. The third-order valence-electron chi connectivity index (χ3n) is 6.18. The van der Waals surface area contributed by atoms with Crippen LogP contribution in [0.4, 0.5) is 5.69 Å². The van der Waals surface area contributed by atoms with Crippen molar-refractivity contribution >= 4 is 23.0 Å². The minimum absolute atomic E-state index is 0.160. The predicted molar refractivity (Wildman–Crippen MR) is 115 cm³/mol. The van der Waals surface area contributed by atoms with Gasteiger partial charge in [0.1, 0.15) is 0 Å². The van der Waals surface area contributed by atoms with Crippen molar-refractivity contribution in [3.8, 4) is 10.4 Å². The Balaban J connectivity index is 1.83. The molecule has 1 aliphatic heterocycles. The average molecular weight is 400 g/mol. The number of benzene rings is 1. The van der Waals surface area contributed by atoms with Gasteiger partial charge in [0.2, 0.25) is 0 Å². The number of ether oxygens (including phenoxy) is 1. The van der Waals surface area contributed by atoms with Crippen LogP contribution >= 0.6 is 11.3 Å². The van der Waals surface area contributed by atoms with E-state index in [1.807, 2.05) is 6.07 Å². The minimum Gasteiger partial charge on any atom is -0.478 e. The molecule has 1 fully saturated rings. The number of fused-ring (bicyclic) bond motifs is 1. The maximum absolute atomic E-state index is 12.3. The first-order chi connectivity index (χ1) is 13.4. The Morgan fingerprint density at radius 1 is 1.36 bits per heavy atom. The summed E-state index contributed by atoms with van der Waals surface area (Å²) in [5.74, 6) is -0.796. The van der Waals surface area contributed by atoms with Crippen LogP contribution in [0.25, 0.3) is 10.4 Å². The maximum Gasteiger partial charge on any atom is 0.337 e. The monoisotopic (exact) mass is 399 g/mol. The van der Waals surface area contributed by atoms with Crippen LogP contribution in [0.3, 0.4) is 0 Å². The van der Waals surface area contributed by atoms with Gasteiger partial charge in [-0.3, -0.25) is 0 Å². The Bertz CT molecular complexity index is 886. The number of anilines is 1. The molecule has 1 atom stereocenters. The number of carbonyl (C=O) groups is 1. The van der Waals surface area contributed by atoms with Crippen LogP contribution in [-0.4, -0.2) is 37.4 Å². The lowest BCUT2D eigenvalue weighted by Crippen LogP contribution is -2.33. The second-order valence-corrected chi connectivity index (χ2v) is 9.92. The predicted octanol–water partition coefficient (Wildman–Crippen LogP) is 5.24. The van der Waals surface area contributed by atoms with E-state index < -0.39 is 5.97 Å². The summed E-state index contributed by atoms with van der Waals surface area (Å²) in [6.45, 7) is 6.18. The van der Waals surface area contributed by atoms with Crippen LogP contribution in [-0.2, 0) is 17.6 Å². The molecule has 28 heavy (non-hydrogen) atoms. The molecule has 2 aliphatic rings. The lowest BCUT2D eigenvalue weighted by molar-refractivity contribution is 0.0696. The van der Waals surface area contributed by atoms with Crippen LogP contribution in [0.2, 0.25) is 0 Å². The Morgan fingerprint density at radius 2 is 2.14 bits per heavy atom. The highest BCUT2D eigenvalue weighted by Gasteiger charge is 2.34. The summed E-state index contributed by atoms with van der Waals surface area (Å²) in [4.78, 5) is 16.9. The molecule has 0 amide bonds. The summed E-state index contributed by atoms with van der Waals surface area (Å²) < 4.78 is 5.44. The Hall–Kier alpha value is -1.85. The van der Waals surface area contributed by atoms with Crippen molar-refractivity contribution < 1.29 is 14.6 Å². The molecular formula is C23H29NO3S. The van der Waals surface area contributed by atoms with Gasteiger partial charge in [-0.1, -0.05) is 32.0 Å². The lowest BCUT2D eigenvalue weighted by Gasteiger charge is -2.29. The number of hydrogen-bond donors (Lipinski definition) is 1. The Morgan fingerprint density at radius 3 is 2.89 bits per heavy atom. The van der Waals surface area contributed by atoms with Crippen molar-refractivity contribution in [3.05, 3.63) is 40.3 Å². The van der Waals surface area contributed by atoms with E-state index in [-0.39, 0.29) is 5.41 Å². The normalized spacial score (nSPS) is 21.0. The van der Waals surface area contributed by atoms with Gasteiger partial charge in [0.25, 0.3) is 0 Å². The third-order valence-corrected chi connectivity index (χ3v) is 7.51. The number of nitrogens with zero attached hydrogens (tertiary/aromatic N) is 1. The zero-order chi connectivity index (χ0) is 19.9. The first-order valence-electron chi connectivity index (χ1n) is 10.1. The van der Waals surface area contributed by atoms with Crippen LogP contribution in [0, 0.1) is 5.41 Å². The fourth-order valence-corrected chi connectivity index (χ4v) is 6.11. The van der Waals surface area contributed by atoms with Crippen molar-refractivity contribution in [3.63, 3.8) is 0 Å². The maximum atomic E-state index is 12.3. The van der Waals surface area contributed by atoms with Gasteiger partial charge in [0, 0.05) is 29.8 Å². The van der Waals surface area contributed by atoms with E-state index in [0.29, 0.717) is 18.2 Å². The molecule has 2 aromatic rings. The first kappa shape index (κ1) is 19.5. The number of hydrogen-bond acceptors (Lipinski definition) is 4. The molecule has 150 valence electrons. The van der Waals surface area contributed by atoms with E-state index in [1.165, 1.54) is 4.88 Å². The molecule has 0 unspecified atom stereocenters. The summed E-state index contributed by atoms with van der Waals surface area (Å²) in [6, 6.07) is 8.66. The van der Waals surface area contributed by atoms with Gasteiger partial charge in [-0.15, -0.1) is 11.3 Å². The second-order valence-electron chi connectivity index (χ2n) is 8.82. The quantitative estimate of drug-likeness (QED) is 0.747. The van der Waals surface area contributed by atoms with Gasteiger partial charge < -0.3 is 14.7 Å². The van der Waals surface area contributed by atoms with Gasteiger partial charge in [-0.25, -0.2) is 4.79 Å². The summed E-state index contributed by atoms with van der Waals surface area (Å²) in [7, 11) is 1.75. The van der Waals surface area contributed by atoms with Crippen molar-refractivity contribution in [2.75, 3.05) is 25.2 Å². The van der Waals surface area contributed by atoms with E-state index in [2.05, 4.69) is 36.9 Å². The van der Waals surface area contributed by atoms with Crippen molar-refractivity contribution in [1.29, 1.82) is 0 Å². The molecule has 1 aromatic heterocycles. The number of thiophene rings is 1. The van der Waals surface area contributed by atoms with Crippen molar-refractivity contribution in [2.24, 2.45) is 5.41 Å². The molecule has 0 bridgehead atoms. The number of rotatable bonds is 5. The first-order valence-corrected chi connectivity index (χ1v) is 11.0. The van der Waals surface area contributed by atoms with E-state index in [9.17, 15) is 9.90 Å². The van der Waals surface area contributed by atoms with E-state index >= 15 is 0 Å². The summed E-state index contributed by atoms with van der Waals surface area (Å²) in [5, 5.41) is 10.1. The van der Waals surface area contributed by atoms with Crippen molar-refractivity contribution in [2.45, 2.75) is 52.0 Å². The van der Waals surface area contributed by atoms with Crippen LogP contribution < -0.4 is 4.90 Å². The largest absolute Gasteiger partial charge is 0.478 e. The van der Waals surface area contributed by atoms with Gasteiger partial charge in [0.15, 0.2) is 0 Å². The van der Waals surface area contributed by atoms with Gasteiger partial charge in [-0.2, -0.15) is 0 Å². The van der Waals surface area contributed by atoms with Crippen LogP contribution in [0.15, 0.2) is 24.3 Å². The highest BCUT2D eigenvalue weighted by molar-refractivity contribution is 7.16. The molecule has 1 aliphatic carbocycles. The number of carboxylic acid groups (broad SMARTS) is 1. The fourth-order valence-electron chi connectivity index (χ4n) is 4.77. The summed E-state index contributed by atoms with van der Waals surface area (Å²) in [6.07, 6.45) is 5.19. The summed E-state index contributed by atoms with van der Waals surface area (Å²) >= 11 is 1.69. The second kappa shape index (κ2) is 7.53. The average Bonchev–Trinajstić information content (AvgIpc) is 3.25. The molecule has 2 heterocycles. The van der Waals surface area contributed by atoms with Crippen LogP contribution in [0.5, 0.6) is 0 Å². The third kappa shape index (κ3) is 3.46. The van der Waals surface area contributed by atoms with E-state index in [0.717, 1.165) is 60.3 Å². The molecule has 0 saturated carbocycles. The molecule has 5 heteroatoms. The number of para-hydroxylation sites is 1. The minimum atomic E-state index is -0.796. The van der Waals surface area contributed by atoms with Crippen LogP contribution in [0.1, 0.15) is 53.9 Å². The van der Waals surface area contributed by atoms with Gasteiger partial charge >= 0.3 is 5.97 Å². The fraction of sp³-hybridized carbons (Fsp3) is 0.522. The van der Waals surface area contributed by atoms with Gasteiger partial charge in [-0.05, 0) is 49.1 Å². The molecule has 0 radical (unpaired) electrons. The Labute approximate surface area is 171 Å². The molecule has 4 nitrogen and oxygen atoms in total. The molecule has 1 aromatic carbocycles. The molecule has 4 rings (SSSR count). The SMILES string of the molecule is COC[C@@H]1CCCN1c1ccccc1-c1sc2c(c1C(=O)O)CC(C)(C)CC2. The number of aryl methyl sites for hydroxylation is 1. The topological polar surface area (TPSA) is 49.8 Å². The zero-order valence-corrected chi connectivity index (χ0v) is 17.8. The van der Waals surface area contributed by atoms with E-state index in [1.54, 1.807) is 18.4 Å². The van der Waals surface area contributed by atoms with E-state index in [4.69, 9.17) is 4.74 Å². The smallest absolute Gasteiger partial charge is 0.337 e. The summed E-state index contributed by atoms with van der Waals surface area (Å²) in [5.41, 5.74) is 3.95. The molecule has 0 spiro atoms. The molecule has 1 N–H and O–H groups in total. The lowest BCUT2D eigenvalue weighted by atomic mass is 9.76.